The predicted octanol–water partition coefficient (Wildman–Crippen LogP) is 4.14. The van der Waals surface area contributed by atoms with Gasteiger partial charge in [0, 0.05) is 0 Å². The lowest BCUT2D eigenvalue weighted by molar-refractivity contribution is 0.599. The molecule has 0 spiro atoms. The van der Waals surface area contributed by atoms with Crippen molar-refractivity contribution in [2.75, 3.05) is 6.54 Å². The highest BCUT2D eigenvalue weighted by molar-refractivity contribution is 7.05. The van der Waals surface area contributed by atoms with Crippen LogP contribution in [0.25, 0.3) is 0 Å². The number of aromatic nitrogens is 2. The van der Waals surface area contributed by atoms with Gasteiger partial charge in [-0.25, -0.2) is 0 Å². The van der Waals surface area contributed by atoms with Gasteiger partial charge in [0.25, 0.3) is 0 Å². The van der Waals surface area contributed by atoms with Crippen molar-refractivity contribution >= 4 is 11.5 Å². The van der Waals surface area contributed by atoms with Crippen molar-refractivity contribution in [3.05, 3.63) is 46.0 Å². The summed E-state index contributed by atoms with van der Waals surface area (Å²) < 4.78 is 4.19. The number of hydrogen-bond donors (Lipinski definition) is 1. The van der Waals surface area contributed by atoms with Gasteiger partial charge < -0.3 is 5.32 Å². The molecular weight excluding hydrogens is 278 g/mol. The molecule has 1 atom stereocenters. The monoisotopic (exact) mass is 303 g/mol. The molecule has 0 amide bonds. The average Bonchev–Trinajstić information content (AvgIpc) is 2.97. The highest BCUT2D eigenvalue weighted by Gasteiger charge is 2.20. The van der Waals surface area contributed by atoms with Crippen molar-refractivity contribution in [3.8, 4) is 0 Å². The van der Waals surface area contributed by atoms with Crippen LogP contribution < -0.4 is 5.32 Å². The molecule has 0 saturated heterocycles. The Bertz CT molecular complexity index is 550. The van der Waals surface area contributed by atoms with Crippen molar-refractivity contribution in [3.63, 3.8) is 0 Å². The summed E-state index contributed by atoms with van der Waals surface area (Å²) in [4.78, 5) is 1.28. The first-order valence-corrected chi connectivity index (χ1v) is 8.70. The van der Waals surface area contributed by atoms with E-state index in [1.165, 1.54) is 27.5 Å². The molecule has 0 radical (unpaired) electrons. The zero-order valence-electron chi connectivity index (χ0n) is 13.2. The first-order valence-electron chi connectivity index (χ1n) is 7.93. The first kappa shape index (κ1) is 16.1. The number of rotatable bonds is 8. The van der Waals surface area contributed by atoms with Crippen LogP contribution in [0.1, 0.15) is 61.4 Å². The second-order valence-electron chi connectivity index (χ2n) is 5.32. The standard InChI is InChI=1S/C17H25N3S/c1-4-8-15-17(21-20-19-15)16(18-11-5-2)14-10-7-9-13(6-3)12-14/h7,9-10,12,16,18H,4-6,8,11H2,1-3H3. The second kappa shape index (κ2) is 8.25. The minimum Gasteiger partial charge on any atom is -0.305 e. The van der Waals surface area contributed by atoms with Gasteiger partial charge >= 0.3 is 0 Å². The molecular formula is C17H25N3S. The molecule has 3 nitrogen and oxygen atoms in total. The molecule has 4 heteroatoms. The molecule has 1 aromatic heterocycles. The summed E-state index contributed by atoms with van der Waals surface area (Å²) in [5, 5.41) is 8.00. The first-order chi connectivity index (χ1) is 10.3. The molecule has 2 rings (SSSR count). The van der Waals surface area contributed by atoms with Crippen molar-refractivity contribution in [2.24, 2.45) is 0 Å². The van der Waals surface area contributed by atoms with E-state index in [9.17, 15) is 0 Å². The van der Waals surface area contributed by atoms with E-state index in [1.807, 2.05) is 0 Å². The predicted molar refractivity (Wildman–Crippen MR) is 89.9 cm³/mol. The van der Waals surface area contributed by atoms with Crippen LogP contribution in [-0.2, 0) is 12.8 Å². The second-order valence-corrected chi connectivity index (χ2v) is 6.11. The van der Waals surface area contributed by atoms with Crippen molar-refractivity contribution < 1.29 is 0 Å². The van der Waals surface area contributed by atoms with Crippen LogP contribution in [-0.4, -0.2) is 16.1 Å². The van der Waals surface area contributed by atoms with Gasteiger partial charge in [0.1, 0.15) is 0 Å². The minimum absolute atomic E-state index is 0.220. The summed E-state index contributed by atoms with van der Waals surface area (Å²) in [7, 11) is 0. The molecule has 1 heterocycles. The van der Waals surface area contributed by atoms with Crippen LogP contribution in [0.3, 0.4) is 0 Å². The maximum absolute atomic E-state index is 4.33. The van der Waals surface area contributed by atoms with E-state index in [-0.39, 0.29) is 6.04 Å². The van der Waals surface area contributed by atoms with E-state index in [4.69, 9.17) is 0 Å². The molecule has 1 aromatic carbocycles. The minimum atomic E-state index is 0.220. The lowest BCUT2D eigenvalue weighted by Crippen LogP contribution is -2.23. The van der Waals surface area contributed by atoms with Gasteiger partial charge in [-0.15, -0.1) is 5.10 Å². The maximum atomic E-state index is 4.33. The fourth-order valence-electron chi connectivity index (χ4n) is 2.49. The van der Waals surface area contributed by atoms with E-state index in [1.54, 1.807) is 0 Å². The topological polar surface area (TPSA) is 37.8 Å². The molecule has 0 aliphatic rings. The molecule has 0 bridgehead atoms. The fourth-order valence-corrected chi connectivity index (χ4v) is 3.29. The third kappa shape index (κ3) is 4.11. The number of hydrogen-bond acceptors (Lipinski definition) is 4. The lowest BCUT2D eigenvalue weighted by Gasteiger charge is -2.19. The normalized spacial score (nSPS) is 12.5. The zero-order valence-corrected chi connectivity index (χ0v) is 14.0. The van der Waals surface area contributed by atoms with Crippen LogP contribution in [0.5, 0.6) is 0 Å². The Kier molecular flexibility index (Phi) is 6.33. The molecule has 0 aliphatic heterocycles. The van der Waals surface area contributed by atoms with Crippen LogP contribution in [0.4, 0.5) is 0 Å². The van der Waals surface area contributed by atoms with Crippen LogP contribution in [0.15, 0.2) is 24.3 Å². The number of benzene rings is 1. The van der Waals surface area contributed by atoms with Crippen molar-refractivity contribution in [1.82, 2.24) is 14.9 Å². The number of nitrogens with zero attached hydrogens (tertiary/aromatic N) is 2. The van der Waals surface area contributed by atoms with Gasteiger partial charge in [0.05, 0.1) is 16.6 Å². The van der Waals surface area contributed by atoms with E-state index in [0.717, 1.165) is 37.9 Å². The van der Waals surface area contributed by atoms with Gasteiger partial charge in [0.15, 0.2) is 0 Å². The summed E-state index contributed by atoms with van der Waals surface area (Å²) in [5.74, 6) is 0. The summed E-state index contributed by atoms with van der Waals surface area (Å²) in [6.45, 7) is 7.59. The summed E-state index contributed by atoms with van der Waals surface area (Å²) in [5.41, 5.74) is 3.86. The highest BCUT2D eigenvalue weighted by atomic mass is 32.1. The van der Waals surface area contributed by atoms with Gasteiger partial charge in [-0.2, -0.15) is 0 Å². The van der Waals surface area contributed by atoms with Crippen molar-refractivity contribution in [1.29, 1.82) is 0 Å². The SMILES string of the molecule is CCCNC(c1cccc(CC)c1)c1snnc1CCC. The Hall–Kier alpha value is -1.26. The fraction of sp³-hybridized carbons (Fsp3) is 0.529. The Morgan fingerprint density at radius 2 is 2.05 bits per heavy atom. The molecule has 2 aromatic rings. The summed E-state index contributed by atoms with van der Waals surface area (Å²) >= 11 is 1.53. The van der Waals surface area contributed by atoms with E-state index in [2.05, 4.69) is 59.9 Å². The smallest absolute Gasteiger partial charge is 0.0807 e. The molecule has 0 saturated carbocycles. The Morgan fingerprint density at radius 3 is 2.76 bits per heavy atom. The van der Waals surface area contributed by atoms with E-state index >= 15 is 0 Å². The van der Waals surface area contributed by atoms with Crippen molar-refractivity contribution in [2.45, 2.75) is 52.5 Å². The Labute approximate surface area is 132 Å². The van der Waals surface area contributed by atoms with Crippen LogP contribution >= 0.6 is 11.5 Å². The zero-order chi connectivity index (χ0) is 15.1. The molecule has 0 aliphatic carbocycles. The van der Waals surface area contributed by atoms with Crippen LogP contribution in [0, 0.1) is 0 Å². The lowest BCUT2D eigenvalue weighted by atomic mass is 9.99. The third-order valence-electron chi connectivity index (χ3n) is 3.63. The van der Waals surface area contributed by atoms with Crippen LogP contribution in [0.2, 0.25) is 0 Å². The van der Waals surface area contributed by atoms with E-state index in [0.29, 0.717) is 0 Å². The molecule has 21 heavy (non-hydrogen) atoms. The quantitative estimate of drug-likeness (QED) is 0.796. The molecule has 1 unspecified atom stereocenters. The summed E-state index contributed by atoms with van der Waals surface area (Å²) in [6, 6.07) is 9.09. The largest absolute Gasteiger partial charge is 0.305 e. The molecule has 0 fully saturated rings. The average molecular weight is 303 g/mol. The highest BCUT2D eigenvalue weighted by Crippen LogP contribution is 2.28. The summed E-state index contributed by atoms with van der Waals surface area (Å²) in [6.07, 6.45) is 4.30. The molecule has 114 valence electrons. The Balaban J connectivity index is 2.34. The van der Waals surface area contributed by atoms with E-state index < -0.39 is 0 Å². The van der Waals surface area contributed by atoms with Gasteiger partial charge in [-0.1, -0.05) is 55.9 Å². The Morgan fingerprint density at radius 1 is 1.19 bits per heavy atom. The molecule has 1 N–H and O–H groups in total. The number of nitrogens with one attached hydrogen (secondary N) is 1. The number of aryl methyl sites for hydroxylation is 2. The maximum Gasteiger partial charge on any atom is 0.0807 e. The van der Waals surface area contributed by atoms with Gasteiger partial charge in [0.2, 0.25) is 0 Å². The third-order valence-corrected chi connectivity index (χ3v) is 4.46. The van der Waals surface area contributed by atoms with Gasteiger partial charge in [-0.05, 0) is 48.5 Å². The van der Waals surface area contributed by atoms with Gasteiger partial charge in [-0.3, -0.25) is 0 Å².